The molecule has 0 amide bonds. The van der Waals surface area contributed by atoms with Crippen LogP contribution >= 0.6 is 0 Å². The highest BCUT2D eigenvalue weighted by Crippen LogP contribution is 2.23. The van der Waals surface area contributed by atoms with Crippen LogP contribution in [-0.4, -0.2) is 25.1 Å². The van der Waals surface area contributed by atoms with E-state index >= 15 is 0 Å². The van der Waals surface area contributed by atoms with Crippen molar-refractivity contribution in [3.63, 3.8) is 0 Å². The summed E-state index contributed by atoms with van der Waals surface area (Å²) >= 11 is 0. The molecule has 0 aliphatic carbocycles. The molecular formula is C25H46O3. The van der Waals surface area contributed by atoms with E-state index in [-0.39, 0.29) is 6.10 Å². The number of allylic oxidation sites excluding steroid dienone is 3. The Labute approximate surface area is 174 Å². The highest BCUT2D eigenvalue weighted by Gasteiger charge is 2.32. The van der Waals surface area contributed by atoms with E-state index in [1.807, 2.05) is 13.8 Å². The Bertz CT molecular complexity index is 414. The third-order valence-electron chi connectivity index (χ3n) is 5.26. The standard InChI is InChI=1S/C25H46O3/c1-5-6-7-8-9-10-11-12-13-14-15-16-17-18-19-20-23(2)26-21-24-22-27-25(3,4)28-24/h12-13,24H,2,5-11,14-22H2,1,3-4H3/b13-12-. The van der Waals surface area contributed by atoms with Crippen LogP contribution in [0, 0.1) is 0 Å². The largest absolute Gasteiger partial charge is 0.496 e. The molecule has 1 atom stereocenters. The first-order chi connectivity index (χ1) is 13.5. The zero-order chi connectivity index (χ0) is 20.5. The van der Waals surface area contributed by atoms with Crippen molar-refractivity contribution in [3.05, 3.63) is 24.5 Å². The van der Waals surface area contributed by atoms with Gasteiger partial charge in [-0.15, -0.1) is 0 Å². The molecule has 1 saturated heterocycles. The third kappa shape index (κ3) is 14.2. The van der Waals surface area contributed by atoms with Gasteiger partial charge in [0.2, 0.25) is 0 Å². The zero-order valence-corrected chi connectivity index (χ0v) is 19.0. The van der Waals surface area contributed by atoms with E-state index in [0.29, 0.717) is 13.2 Å². The normalized spacial score (nSPS) is 18.8. The lowest BCUT2D eigenvalue weighted by molar-refractivity contribution is -0.143. The molecular weight excluding hydrogens is 348 g/mol. The second kappa shape index (κ2) is 16.0. The second-order valence-corrected chi connectivity index (χ2v) is 8.63. The van der Waals surface area contributed by atoms with Crippen LogP contribution in [0.25, 0.3) is 0 Å². The second-order valence-electron chi connectivity index (χ2n) is 8.63. The minimum Gasteiger partial charge on any atom is -0.496 e. The van der Waals surface area contributed by atoms with Crippen LogP contribution in [0.3, 0.4) is 0 Å². The van der Waals surface area contributed by atoms with E-state index in [4.69, 9.17) is 14.2 Å². The van der Waals surface area contributed by atoms with E-state index in [2.05, 4.69) is 25.7 Å². The molecule has 0 aromatic rings. The smallest absolute Gasteiger partial charge is 0.163 e. The maximum Gasteiger partial charge on any atom is 0.163 e. The predicted octanol–water partition coefficient (Wildman–Crippen LogP) is 7.71. The van der Waals surface area contributed by atoms with E-state index in [1.54, 1.807) is 0 Å². The Balaban J connectivity index is 1.81. The summed E-state index contributed by atoms with van der Waals surface area (Å²) in [5.74, 6) is 0.407. The van der Waals surface area contributed by atoms with Crippen LogP contribution < -0.4 is 0 Å². The molecule has 0 aromatic heterocycles. The summed E-state index contributed by atoms with van der Waals surface area (Å²) in [7, 11) is 0. The molecule has 28 heavy (non-hydrogen) atoms. The lowest BCUT2D eigenvalue weighted by atomic mass is 10.1. The molecule has 1 fully saturated rings. The Hall–Kier alpha value is -0.800. The fourth-order valence-corrected chi connectivity index (χ4v) is 3.52. The topological polar surface area (TPSA) is 27.7 Å². The molecule has 1 unspecified atom stereocenters. The Morgan fingerprint density at radius 1 is 0.929 bits per heavy atom. The lowest BCUT2D eigenvalue weighted by Crippen LogP contribution is -2.23. The molecule has 0 bridgehead atoms. The van der Waals surface area contributed by atoms with Crippen LogP contribution in [0.1, 0.15) is 111 Å². The summed E-state index contributed by atoms with van der Waals surface area (Å²) in [5, 5.41) is 0. The molecule has 164 valence electrons. The van der Waals surface area contributed by atoms with Gasteiger partial charge in [-0.3, -0.25) is 0 Å². The molecule has 0 radical (unpaired) electrons. The maximum absolute atomic E-state index is 5.74. The maximum atomic E-state index is 5.74. The van der Waals surface area contributed by atoms with Gasteiger partial charge >= 0.3 is 0 Å². The van der Waals surface area contributed by atoms with Gasteiger partial charge in [0.05, 0.1) is 12.4 Å². The van der Waals surface area contributed by atoms with Gasteiger partial charge in [-0.1, -0.05) is 77.0 Å². The van der Waals surface area contributed by atoms with Gasteiger partial charge in [0.15, 0.2) is 5.79 Å². The highest BCUT2D eigenvalue weighted by molar-refractivity contribution is 4.84. The van der Waals surface area contributed by atoms with Crippen LogP contribution in [0.4, 0.5) is 0 Å². The summed E-state index contributed by atoms with van der Waals surface area (Å²) in [6, 6.07) is 0. The molecule has 1 aliphatic rings. The summed E-state index contributed by atoms with van der Waals surface area (Å²) in [6.45, 7) is 11.3. The van der Waals surface area contributed by atoms with E-state index in [9.17, 15) is 0 Å². The summed E-state index contributed by atoms with van der Waals surface area (Å²) < 4.78 is 17.0. The van der Waals surface area contributed by atoms with Gasteiger partial charge in [0.1, 0.15) is 12.7 Å². The number of hydrogen-bond donors (Lipinski definition) is 0. The predicted molar refractivity (Wildman–Crippen MR) is 119 cm³/mol. The van der Waals surface area contributed by atoms with Gasteiger partial charge in [0.25, 0.3) is 0 Å². The van der Waals surface area contributed by atoms with Gasteiger partial charge < -0.3 is 14.2 Å². The first kappa shape index (κ1) is 25.2. The van der Waals surface area contributed by atoms with Crippen LogP contribution in [-0.2, 0) is 14.2 Å². The van der Waals surface area contributed by atoms with Gasteiger partial charge in [-0.25, -0.2) is 0 Å². The van der Waals surface area contributed by atoms with Crippen molar-refractivity contribution in [1.29, 1.82) is 0 Å². The fourth-order valence-electron chi connectivity index (χ4n) is 3.52. The fraction of sp³-hybridized carbons (Fsp3) is 0.840. The minimum absolute atomic E-state index is 0.0286. The minimum atomic E-state index is -0.473. The average Bonchev–Trinajstić information content (AvgIpc) is 3.02. The Morgan fingerprint density at radius 3 is 2.07 bits per heavy atom. The van der Waals surface area contributed by atoms with Crippen LogP contribution in [0.5, 0.6) is 0 Å². The van der Waals surface area contributed by atoms with Crippen molar-refractivity contribution in [3.8, 4) is 0 Å². The Morgan fingerprint density at radius 2 is 1.50 bits per heavy atom. The van der Waals surface area contributed by atoms with Crippen molar-refractivity contribution >= 4 is 0 Å². The van der Waals surface area contributed by atoms with E-state index in [0.717, 1.165) is 12.2 Å². The Kier molecular flexibility index (Phi) is 14.5. The number of ether oxygens (including phenoxy) is 3. The molecule has 1 heterocycles. The van der Waals surface area contributed by atoms with Crippen molar-refractivity contribution in [2.24, 2.45) is 0 Å². The number of hydrogen-bond acceptors (Lipinski definition) is 3. The molecule has 0 spiro atoms. The first-order valence-corrected chi connectivity index (χ1v) is 11.8. The summed E-state index contributed by atoms with van der Waals surface area (Å²) in [4.78, 5) is 0. The molecule has 0 saturated carbocycles. The average molecular weight is 395 g/mol. The van der Waals surface area contributed by atoms with Gasteiger partial charge in [0, 0.05) is 6.42 Å². The molecule has 0 N–H and O–H groups in total. The monoisotopic (exact) mass is 394 g/mol. The van der Waals surface area contributed by atoms with Crippen molar-refractivity contribution in [1.82, 2.24) is 0 Å². The molecule has 3 nitrogen and oxygen atoms in total. The molecule has 1 rings (SSSR count). The lowest BCUT2D eigenvalue weighted by Gasteiger charge is -2.17. The van der Waals surface area contributed by atoms with Gasteiger partial charge in [-0.05, 0) is 46.0 Å². The van der Waals surface area contributed by atoms with Crippen molar-refractivity contribution < 1.29 is 14.2 Å². The molecule has 3 heteroatoms. The van der Waals surface area contributed by atoms with Crippen molar-refractivity contribution in [2.75, 3.05) is 13.2 Å². The van der Waals surface area contributed by atoms with Crippen LogP contribution in [0.2, 0.25) is 0 Å². The van der Waals surface area contributed by atoms with Crippen LogP contribution in [0.15, 0.2) is 24.5 Å². The molecule has 0 aromatic carbocycles. The zero-order valence-electron chi connectivity index (χ0n) is 19.0. The van der Waals surface area contributed by atoms with E-state index in [1.165, 1.54) is 83.5 Å². The van der Waals surface area contributed by atoms with Crippen molar-refractivity contribution in [2.45, 2.75) is 123 Å². The highest BCUT2D eigenvalue weighted by atomic mass is 16.7. The number of rotatable bonds is 18. The van der Waals surface area contributed by atoms with E-state index < -0.39 is 5.79 Å². The number of unbranched alkanes of at least 4 members (excludes halogenated alkanes) is 11. The summed E-state index contributed by atoms with van der Waals surface area (Å²) in [5.41, 5.74) is 0. The quantitative estimate of drug-likeness (QED) is 0.135. The first-order valence-electron chi connectivity index (χ1n) is 11.8. The third-order valence-corrected chi connectivity index (χ3v) is 5.26. The molecule has 1 aliphatic heterocycles. The SMILES string of the molecule is C=C(CCCCCCC/C=C\CCCCCCCC)OCC1COC(C)(C)O1. The summed E-state index contributed by atoms with van der Waals surface area (Å²) in [6.07, 6.45) is 23.0. The van der Waals surface area contributed by atoms with Gasteiger partial charge in [-0.2, -0.15) is 0 Å².